The Morgan fingerprint density at radius 3 is 1.00 bits per heavy atom. The van der Waals surface area contributed by atoms with Crippen LogP contribution in [-0.4, -0.2) is 14.2 Å². The van der Waals surface area contributed by atoms with E-state index in [9.17, 15) is 0 Å². The smallest absolute Gasteiger partial charge is 0.119 e. The first-order valence-electron chi connectivity index (χ1n) is 3.05. The highest BCUT2D eigenvalue weighted by Gasteiger charge is 1.89. The van der Waals surface area contributed by atoms with Crippen LogP contribution in [0.3, 0.4) is 0 Å². The Balaban J connectivity index is -0.000000125. The molecule has 0 aliphatic heterocycles. The zero-order chi connectivity index (χ0) is 7.40. The molecule has 0 fully saturated rings. The van der Waals surface area contributed by atoms with E-state index in [4.69, 9.17) is 9.47 Å². The van der Waals surface area contributed by atoms with Crippen molar-refractivity contribution in [3.8, 4) is 11.5 Å². The molecule has 0 heterocycles. The van der Waals surface area contributed by atoms with Crippen molar-refractivity contribution in [3.63, 3.8) is 0 Å². The van der Waals surface area contributed by atoms with Crippen LogP contribution in [0.1, 0.15) is 0 Å². The molecule has 1 aromatic carbocycles. The van der Waals surface area contributed by atoms with E-state index in [-0.39, 0.29) is 95.9 Å². The summed E-state index contributed by atoms with van der Waals surface area (Å²) in [6, 6.07) is 7.44. The Bertz CT molecular complexity index is 180. The summed E-state index contributed by atoms with van der Waals surface area (Å²) in [6.07, 6.45) is 0. The van der Waals surface area contributed by atoms with Crippen LogP contribution in [0.2, 0.25) is 0 Å². The van der Waals surface area contributed by atoms with Gasteiger partial charge in [0.15, 0.2) is 0 Å². The van der Waals surface area contributed by atoms with Gasteiger partial charge in [0.2, 0.25) is 0 Å². The zero-order valence-electron chi connectivity index (χ0n) is 7.76. The molecule has 0 spiro atoms. The molecule has 0 N–H and O–H groups in total. The molecular formula is C8H14I4O2. The molecule has 0 aliphatic carbocycles. The maximum atomic E-state index is 4.96. The van der Waals surface area contributed by atoms with Crippen LogP contribution in [-0.2, 0) is 0 Å². The van der Waals surface area contributed by atoms with Gasteiger partial charge >= 0.3 is 0 Å². The number of hydrogen-bond donors (Lipinski definition) is 0. The predicted molar refractivity (Wildman–Crippen MR) is 101 cm³/mol. The van der Waals surface area contributed by atoms with Gasteiger partial charge in [-0.3, -0.25) is 0 Å². The first-order valence-corrected chi connectivity index (χ1v) is 3.05. The Hall–Kier alpha value is 1.74. The second-order valence-electron chi connectivity index (χ2n) is 1.88. The highest BCUT2D eigenvalue weighted by atomic mass is 127. The molecule has 0 saturated carbocycles. The minimum atomic E-state index is 0. The minimum Gasteiger partial charge on any atom is -0.497 e. The molecule has 6 heteroatoms. The van der Waals surface area contributed by atoms with E-state index >= 15 is 0 Å². The van der Waals surface area contributed by atoms with Gasteiger partial charge in [-0.25, -0.2) is 0 Å². The molecule has 1 rings (SSSR count). The molecule has 2 nitrogen and oxygen atoms in total. The van der Waals surface area contributed by atoms with Gasteiger partial charge < -0.3 is 9.47 Å². The standard InChI is InChI=1S/C8H10O2.4HI/c1-9-7-3-5-8(10-2)6-4-7;;;;/h3-6H,1-2H3;4*1H. The summed E-state index contributed by atoms with van der Waals surface area (Å²) in [4.78, 5) is 0. The van der Waals surface area contributed by atoms with Crippen LogP contribution < -0.4 is 9.47 Å². The van der Waals surface area contributed by atoms with Crippen molar-refractivity contribution in [1.29, 1.82) is 0 Å². The maximum Gasteiger partial charge on any atom is 0.119 e. The topological polar surface area (TPSA) is 18.5 Å². The summed E-state index contributed by atoms with van der Waals surface area (Å²) in [5.74, 6) is 1.70. The SMILES string of the molecule is COc1ccc(OC)cc1.I.I.I.I. The van der Waals surface area contributed by atoms with E-state index in [0.29, 0.717) is 0 Å². The van der Waals surface area contributed by atoms with Crippen molar-refractivity contribution in [1.82, 2.24) is 0 Å². The lowest BCUT2D eigenvalue weighted by molar-refractivity contribution is 0.403. The monoisotopic (exact) mass is 650 g/mol. The average Bonchev–Trinajstić information content (AvgIpc) is 2.05. The van der Waals surface area contributed by atoms with E-state index in [1.807, 2.05) is 24.3 Å². The van der Waals surface area contributed by atoms with Crippen molar-refractivity contribution < 1.29 is 9.47 Å². The lowest BCUT2D eigenvalue weighted by Gasteiger charge is -2.00. The van der Waals surface area contributed by atoms with Gasteiger partial charge in [0.25, 0.3) is 0 Å². The Morgan fingerprint density at radius 1 is 0.643 bits per heavy atom. The molecule has 0 atom stereocenters. The van der Waals surface area contributed by atoms with Crippen LogP contribution in [0.15, 0.2) is 24.3 Å². The highest BCUT2D eigenvalue weighted by molar-refractivity contribution is 14.0. The average molecular weight is 650 g/mol. The molecule has 0 aromatic heterocycles. The highest BCUT2D eigenvalue weighted by Crippen LogP contribution is 2.15. The van der Waals surface area contributed by atoms with Gasteiger partial charge in [0, 0.05) is 0 Å². The van der Waals surface area contributed by atoms with Crippen LogP contribution in [0.25, 0.3) is 0 Å². The van der Waals surface area contributed by atoms with Crippen molar-refractivity contribution in [2.24, 2.45) is 0 Å². The fraction of sp³-hybridized carbons (Fsp3) is 0.250. The Kier molecular flexibility index (Phi) is 26.1. The molecule has 0 aliphatic rings. The normalized spacial score (nSPS) is 6.43. The molecule has 0 bridgehead atoms. The van der Waals surface area contributed by atoms with Crippen LogP contribution in [0, 0.1) is 0 Å². The van der Waals surface area contributed by atoms with Crippen molar-refractivity contribution in [3.05, 3.63) is 24.3 Å². The fourth-order valence-electron chi connectivity index (χ4n) is 0.712. The quantitative estimate of drug-likeness (QED) is 0.448. The number of rotatable bonds is 2. The van der Waals surface area contributed by atoms with Crippen molar-refractivity contribution >= 4 is 95.9 Å². The van der Waals surface area contributed by atoms with Gasteiger partial charge in [-0.2, -0.15) is 0 Å². The molecule has 0 saturated heterocycles. The molecular weight excluding hydrogens is 636 g/mol. The molecule has 86 valence electrons. The summed E-state index contributed by atoms with van der Waals surface area (Å²) in [5.41, 5.74) is 0. The number of methoxy groups -OCH3 is 2. The van der Waals surface area contributed by atoms with E-state index in [0.717, 1.165) is 11.5 Å². The van der Waals surface area contributed by atoms with Gasteiger partial charge in [-0.05, 0) is 24.3 Å². The fourth-order valence-corrected chi connectivity index (χ4v) is 0.712. The van der Waals surface area contributed by atoms with Crippen molar-refractivity contribution in [2.75, 3.05) is 14.2 Å². The Labute approximate surface area is 153 Å². The second kappa shape index (κ2) is 14.7. The molecule has 0 radical (unpaired) electrons. The first-order chi connectivity index (χ1) is 4.86. The number of hydrogen-bond acceptors (Lipinski definition) is 2. The largest absolute Gasteiger partial charge is 0.497 e. The predicted octanol–water partition coefficient (Wildman–Crippen LogP) is 4.18. The Morgan fingerprint density at radius 2 is 0.857 bits per heavy atom. The summed E-state index contributed by atoms with van der Waals surface area (Å²) in [5, 5.41) is 0. The van der Waals surface area contributed by atoms with E-state index in [2.05, 4.69) is 0 Å². The molecule has 14 heavy (non-hydrogen) atoms. The van der Waals surface area contributed by atoms with Crippen LogP contribution >= 0.6 is 95.9 Å². The number of ether oxygens (including phenoxy) is 2. The third kappa shape index (κ3) is 9.00. The lowest BCUT2D eigenvalue weighted by Crippen LogP contribution is -1.83. The summed E-state index contributed by atoms with van der Waals surface area (Å²) in [6.45, 7) is 0. The maximum absolute atomic E-state index is 4.96. The molecule has 0 amide bonds. The van der Waals surface area contributed by atoms with Crippen molar-refractivity contribution in [2.45, 2.75) is 0 Å². The van der Waals surface area contributed by atoms with E-state index in [1.54, 1.807) is 14.2 Å². The van der Waals surface area contributed by atoms with E-state index in [1.165, 1.54) is 0 Å². The molecule has 0 unspecified atom stereocenters. The number of benzene rings is 1. The molecule has 1 aromatic rings. The third-order valence-corrected chi connectivity index (χ3v) is 1.30. The summed E-state index contributed by atoms with van der Waals surface area (Å²) >= 11 is 0. The van der Waals surface area contributed by atoms with Gasteiger partial charge in [0.05, 0.1) is 14.2 Å². The van der Waals surface area contributed by atoms with Gasteiger partial charge in [-0.15, -0.1) is 95.9 Å². The van der Waals surface area contributed by atoms with Gasteiger partial charge in [0.1, 0.15) is 11.5 Å². The van der Waals surface area contributed by atoms with E-state index < -0.39 is 0 Å². The summed E-state index contributed by atoms with van der Waals surface area (Å²) in [7, 11) is 3.28. The second-order valence-corrected chi connectivity index (χ2v) is 1.88. The zero-order valence-corrected chi connectivity index (χ0v) is 17.1. The van der Waals surface area contributed by atoms with Crippen LogP contribution in [0.4, 0.5) is 0 Å². The number of halogens is 4. The minimum absolute atomic E-state index is 0. The lowest BCUT2D eigenvalue weighted by atomic mass is 10.3. The van der Waals surface area contributed by atoms with Gasteiger partial charge in [-0.1, -0.05) is 0 Å². The summed E-state index contributed by atoms with van der Waals surface area (Å²) < 4.78 is 9.92. The third-order valence-electron chi connectivity index (χ3n) is 1.30. The van der Waals surface area contributed by atoms with Crippen LogP contribution in [0.5, 0.6) is 11.5 Å². The first kappa shape index (κ1) is 24.8.